The summed E-state index contributed by atoms with van der Waals surface area (Å²) in [5, 5.41) is 12.4. The summed E-state index contributed by atoms with van der Waals surface area (Å²) in [7, 11) is 0. The van der Waals surface area contributed by atoms with Crippen LogP contribution >= 0.6 is 0 Å². The SMILES string of the molecule is Cc1ncc2c(n1)CCN(Cc1c(O)ccc3ccncc13)C2. The minimum atomic E-state index is 0.330. The first-order valence-electron chi connectivity index (χ1n) is 7.79. The summed E-state index contributed by atoms with van der Waals surface area (Å²) in [4.78, 5) is 15.4. The van der Waals surface area contributed by atoms with E-state index in [4.69, 9.17) is 0 Å². The van der Waals surface area contributed by atoms with Crippen LogP contribution in [0.15, 0.2) is 36.8 Å². The minimum Gasteiger partial charge on any atom is -0.508 e. The third-order valence-corrected chi connectivity index (χ3v) is 4.43. The summed E-state index contributed by atoms with van der Waals surface area (Å²) in [6.45, 7) is 4.36. The molecular weight excluding hydrogens is 288 g/mol. The van der Waals surface area contributed by atoms with Crippen molar-refractivity contribution in [3.05, 3.63) is 59.4 Å². The highest BCUT2D eigenvalue weighted by Crippen LogP contribution is 2.29. The highest BCUT2D eigenvalue weighted by atomic mass is 16.3. The first-order chi connectivity index (χ1) is 11.2. The quantitative estimate of drug-likeness (QED) is 0.788. The third-order valence-electron chi connectivity index (χ3n) is 4.43. The largest absolute Gasteiger partial charge is 0.508 e. The van der Waals surface area contributed by atoms with Gasteiger partial charge in [0.1, 0.15) is 11.6 Å². The number of fused-ring (bicyclic) bond motifs is 2. The molecule has 0 saturated carbocycles. The highest BCUT2D eigenvalue weighted by Gasteiger charge is 2.20. The molecule has 116 valence electrons. The lowest BCUT2D eigenvalue weighted by Gasteiger charge is -2.28. The van der Waals surface area contributed by atoms with E-state index < -0.39 is 0 Å². The van der Waals surface area contributed by atoms with Gasteiger partial charge in [-0.15, -0.1) is 0 Å². The van der Waals surface area contributed by atoms with Gasteiger partial charge in [-0.25, -0.2) is 9.97 Å². The number of rotatable bonds is 2. The topological polar surface area (TPSA) is 62.1 Å². The van der Waals surface area contributed by atoms with Crippen LogP contribution in [0.5, 0.6) is 5.75 Å². The number of benzene rings is 1. The minimum absolute atomic E-state index is 0.330. The number of phenols is 1. The second kappa shape index (κ2) is 5.59. The van der Waals surface area contributed by atoms with E-state index in [1.54, 1.807) is 12.3 Å². The molecule has 0 saturated heterocycles. The van der Waals surface area contributed by atoms with Gasteiger partial charge in [-0.1, -0.05) is 6.07 Å². The van der Waals surface area contributed by atoms with Crippen molar-refractivity contribution >= 4 is 10.8 Å². The Kier molecular flexibility index (Phi) is 3.42. The zero-order valence-corrected chi connectivity index (χ0v) is 13.0. The fourth-order valence-corrected chi connectivity index (χ4v) is 3.21. The molecular formula is C18H18N4O. The molecule has 1 aromatic carbocycles. The van der Waals surface area contributed by atoms with Gasteiger partial charge in [0.05, 0.1) is 0 Å². The lowest BCUT2D eigenvalue weighted by molar-refractivity contribution is 0.240. The van der Waals surface area contributed by atoms with Crippen molar-refractivity contribution in [2.75, 3.05) is 6.54 Å². The van der Waals surface area contributed by atoms with Crippen LogP contribution in [0.1, 0.15) is 22.6 Å². The second-order valence-corrected chi connectivity index (χ2v) is 6.01. The van der Waals surface area contributed by atoms with Gasteiger partial charge in [0.25, 0.3) is 0 Å². The molecule has 0 radical (unpaired) electrons. The van der Waals surface area contributed by atoms with Crippen molar-refractivity contribution < 1.29 is 5.11 Å². The standard InChI is InChI=1S/C18H18N4O/c1-12-20-8-14-10-22(7-5-17(14)21-12)11-16-15-9-19-6-4-13(15)2-3-18(16)23/h2-4,6,8-9,23H,5,7,10-11H2,1H3. The maximum Gasteiger partial charge on any atom is 0.125 e. The number of pyridine rings is 1. The maximum atomic E-state index is 10.3. The summed E-state index contributed by atoms with van der Waals surface area (Å²) in [5.41, 5.74) is 3.27. The lowest BCUT2D eigenvalue weighted by Crippen LogP contribution is -2.31. The number of hydrogen-bond donors (Lipinski definition) is 1. The van der Waals surface area contributed by atoms with Crippen molar-refractivity contribution in [1.82, 2.24) is 19.9 Å². The van der Waals surface area contributed by atoms with Gasteiger partial charge < -0.3 is 5.11 Å². The van der Waals surface area contributed by atoms with Gasteiger partial charge >= 0.3 is 0 Å². The van der Waals surface area contributed by atoms with Crippen LogP contribution < -0.4 is 0 Å². The first kappa shape index (κ1) is 14.1. The normalized spacial score (nSPS) is 14.8. The van der Waals surface area contributed by atoms with Crippen LogP contribution in [-0.4, -0.2) is 31.5 Å². The molecule has 0 aliphatic carbocycles. The molecule has 0 amide bonds. The zero-order chi connectivity index (χ0) is 15.8. The monoisotopic (exact) mass is 306 g/mol. The Morgan fingerprint density at radius 3 is 3.04 bits per heavy atom. The molecule has 0 atom stereocenters. The van der Waals surface area contributed by atoms with Crippen LogP contribution in [0.4, 0.5) is 0 Å². The fraction of sp³-hybridized carbons (Fsp3) is 0.278. The van der Waals surface area contributed by atoms with Gasteiger partial charge in [0, 0.05) is 66.9 Å². The van der Waals surface area contributed by atoms with E-state index in [9.17, 15) is 5.11 Å². The second-order valence-electron chi connectivity index (χ2n) is 6.01. The number of aryl methyl sites for hydroxylation is 1. The van der Waals surface area contributed by atoms with Crippen molar-refractivity contribution in [2.45, 2.75) is 26.4 Å². The van der Waals surface area contributed by atoms with E-state index in [0.29, 0.717) is 12.3 Å². The van der Waals surface area contributed by atoms with E-state index in [0.717, 1.165) is 47.4 Å². The Morgan fingerprint density at radius 2 is 2.13 bits per heavy atom. The van der Waals surface area contributed by atoms with Gasteiger partial charge in [-0.05, 0) is 24.4 Å². The molecule has 5 heteroatoms. The van der Waals surface area contributed by atoms with Crippen LogP contribution in [0, 0.1) is 6.92 Å². The highest BCUT2D eigenvalue weighted by molar-refractivity contribution is 5.86. The predicted octanol–water partition coefficient (Wildman–Crippen LogP) is 2.60. The summed E-state index contributed by atoms with van der Waals surface area (Å²) in [5.74, 6) is 1.16. The maximum absolute atomic E-state index is 10.3. The van der Waals surface area contributed by atoms with E-state index in [-0.39, 0.29) is 0 Å². The van der Waals surface area contributed by atoms with Gasteiger partial charge in [-0.2, -0.15) is 0 Å². The summed E-state index contributed by atoms with van der Waals surface area (Å²) < 4.78 is 0. The Balaban J connectivity index is 1.64. The molecule has 0 spiro atoms. The van der Waals surface area contributed by atoms with Gasteiger partial charge in [0.15, 0.2) is 0 Å². The van der Waals surface area contributed by atoms with Crippen molar-refractivity contribution in [2.24, 2.45) is 0 Å². The van der Waals surface area contributed by atoms with E-state index >= 15 is 0 Å². The molecule has 1 aliphatic rings. The van der Waals surface area contributed by atoms with E-state index in [1.165, 1.54) is 5.56 Å². The first-order valence-corrected chi connectivity index (χ1v) is 7.79. The van der Waals surface area contributed by atoms with Gasteiger partial charge in [-0.3, -0.25) is 9.88 Å². The molecule has 23 heavy (non-hydrogen) atoms. The third kappa shape index (κ3) is 2.64. The number of nitrogens with zero attached hydrogens (tertiary/aromatic N) is 4. The smallest absolute Gasteiger partial charge is 0.125 e. The van der Waals surface area contributed by atoms with Crippen LogP contribution in [0.2, 0.25) is 0 Å². The summed E-state index contributed by atoms with van der Waals surface area (Å²) in [6.07, 6.45) is 6.45. The molecule has 0 bridgehead atoms. The predicted molar refractivity (Wildman–Crippen MR) is 88.0 cm³/mol. The zero-order valence-electron chi connectivity index (χ0n) is 13.0. The summed E-state index contributed by atoms with van der Waals surface area (Å²) in [6, 6.07) is 5.67. The molecule has 3 heterocycles. The number of hydrogen-bond acceptors (Lipinski definition) is 5. The molecule has 0 fully saturated rings. The van der Waals surface area contributed by atoms with E-state index in [1.807, 2.05) is 31.5 Å². The van der Waals surface area contributed by atoms with Crippen molar-refractivity contribution in [3.63, 3.8) is 0 Å². The van der Waals surface area contributed by atoms with Gasteiger partial charge in [0.2, 0.25) is 0 Å². The lowest BCUT2D eigenvalue weighted by atomic mass is 10.0. The van der Waals surface area contributed by atoms with Crippen molar-refractivity contribution in [3.8, 4) is 5.75 Å². The van der Waals surface area contributed by atoms with Crippen LogP contribution in [0.25, 0.3) is 10.8 Å². The number of aromatic nitrogens is 3. The Bertz CT molecular complexity index is 878. The summed E-state index contributed by atoms with van der Waals surface area (Å²) >= 11 is 0. The average Bonchev–Trinajstić information content (AvgIpc) is 2.57. The molecule has 1 N–H and O–H groups in total. The van der Waals surface area contributed by atoms with Crippen molar-refractivity contribution in [1.29, 1.82) is 0 Å². The average molecular weight is 306 g/mol. The Labute approximate surface area is 134 Å². The molecule has 5 nitrogen and oxygen atoms in total. The number of aromatic hydroxyl groups is 1. The Hall–Kier alpha value is -2.53. The fourth-order valence-electron chi connectivity index (χ4n) is 3.21. The molecule has 4 rings (SSSR count). The van der Waals surface area contributed by atoms with E-state index in [2.05, 4.69) is 19.9 Å². The van der Waals surface area contributed by atoms with Crippen LogP contribution in [0.3, 0.4) is 0 Å². The molecule has 0 unspecified atom stereocenters. The molecule has 2 aromatic heterocycles. The van der Waals surface area contributed by atoms with Crippen LogP contribution in [-0.2, 0) is 19.5 Å². The molecule has 3 aromatic rings. The molecule has 1 aliphatic heterocycles. The Morgan fingerprint density at radius 1 is 1.22 bits per heavy atom. The number of phenolic OH excluding ortho intramolecular Hbond substituents is 1.